The van der Waals surface area contributed by atoms with Crippen molar-refractivity contribution < 1.29 is 23.5 Å². The first kappa shape index (κ1) is 15.4. The van der Waals surface area contributed by atoms with Crippen LogP contribution < -0.4 is 5.32 Å². The second-order valence-electron chi connectivity index (χ2n) is 5.54. The van der Waals surface area contributed by atoms with E-state index >= 15 is 0 Å². The van der Waals surface area contributed by atoms with Crippen molar-refractivity contribution in [2.75, 3.05) is 0 Å². The van der Waals surface area contributed by atoms with Crippen molar-refractivity contribution in [3.63, 3.8) is 0 Å². The zero-order chi connectivity index (χ0) is 15.6. The molecule has 2 rings (SSSR count). The Morgan fingerprint density at radius 1 is 1.24 bits per heavy atom. The maximum Gasteiger partial charge on any atom is 0.329 e. The molecule has 1 saturated carbocycles. The Morgan fingerprint density at radius 3 is 2.38 bits per heavy atom. The summed E-state index contributed by atoms with van der Waals surface area (Å²) in [5.74, 6) is -3.88. The summed E-state index contributed by atoms with van der Waals surface area (Å²) >= 11 is 0. The van der Waals surface area contributed by atoms with Crippen LogP contribution in [0.4, 0.5) is 8.78 Å². The molecule has 1 amide bonds. The van der Waals surface area contributed by atoms with E-state index in [2.05, 4.69) is 5.32 Å². The van der Waals surface area contributed by atoms with Crippen LogP contribution in [0.3, 0.4) is 0 Å². The molecule has 0 aromatic heterocycles. The van der Waals surface area contributed by atoms with E-state index in [0.29, 0.717) is 25.3 Å². The van der Waals surface area contributed by atoms with Crippen molar-refractivity contribution in [2.45, 2.75) is 38.1 Å². The highest BCUT2D eigenvalue weighted by molar-refractivity contribution is 5.98. The molecule has 0 radical (unpaired) electrons. The van der Waals surface area contributed by atoms with Gasteiger partial charge in [-0.05, 0) is 30.9 Å². The van der Waals surface area contributed by atoms with Crippen LogP contribution in [0.1, 0.15) is 43.0 Å². The van der Waals surface area contributed by atoms with Crippen LogP contribution in [0.15, 0.2) is 18.2 Å². The minimum Gasteiger partial charge on any atom is -0.479 e. The number of benzene rings is 1. The molecular formula is C15H17F2NO3. The fourth-order valence-corrected chi connectivity index (χ4v) is 2.86. The summed E-state index contributed by atoms with van der Waals surface area (Å²) in [6, 6.07) is 2.44. The number of carboxylic acids is 1. The summed E-state index contributed by atoms with van der Waals surface area (Å²) in [4.78, 5) is 23.8. The molecule has 2 atom stereocenters. The number of amides is 1. The molecule has 0 aliphatic heterocycles. The van der Waals surface area contributed by atoms with Crippen molar-refractivity contribution in [1.82, 2.24) is 5.32 Å². The number of hydrogen-bond donors (Lipinski definition) is 2. The third-order valence-corrected chi connectivity index (χ3v) is 4.14. The predicted molar refractivity (Wildman–Crippen MR) is 71.8 cm³/mol. The molecule has 6 heteroatoms. The van der Waals surface area contributed by atoms with Gasteiger partial charge in [0.05, 0.1) is 0 Å². The van der Waals surface area contributed by atoms with Crippen LogP contribution in [0.25, 0.3) is 0 Å². The van der Waals surface area contributed by atoms with Crippen LogP contribution in [-0.4, -0.2) is 22.5 Å². The number of rotatable bonds is 3. The lowest BCUT2D eigenvalue weighted by molar-refractivity contribution is -0.148. The van der Waals surface area contributed by atoms with Crippen molar-refractivity contribution in [1.29, 1.82) is 0 Å². The summed E-state index contributed by atoms with van der Waals surface area (Å²) in [7, 11) is 0. The van der Waals surface area contributed by atoms with Gasteiger partial charge in [-0.2, -0.15) is 0 Å². The van der Waals surface area contributed by atoms with Gasteiger partial charge in [0, 0.05) is 11.6 Å². The average Bonchev–Trinajstić information content (AvgIpc) is 2.40. The fraction of sp³-hybridized carbons (Fsp3) is 0.467. The topological polar surface area (TPSA) is 66.4 Å². The van der Waals surface area contributed by atoms with E-state index in [1.807, 2.05) is 0 Å². The molecule has 1 aliphatic rings. The molecule has 21 heavy (non-hydrogen) atoms. The first-order chi connectivity index (χ1) is 9.85. The summed E-state index contributed by atoms with van der Waals surface area (Å²) < 4.78 is 26.3. The monoisotopic (exact) mass is 297 g/mol. The minimum absolute atomic E-state index is 0.217. The molecule has 0 saturated heterocycles. The summed E-state index contributed by atoms with van der Waals surface area (Å²) in [6.07, 6.45) is 2.59. The minimum atomic E-state index is -1.38. The van der Waals surface area contributed by atoms with Gasteiger partial charge in [-0.3, -0.25) is 4.79 Å². The van der Waals surface area contributed by atoms with E-state index < -0.39 is 29.0 Å². The highest BCUT2D eigenvalue weighted by atomic mass is 19.1. The van der Waals surface area contributed by atoms with E-state index in [9.17, 15) is 23.5 Å². The van der Waals surface area contributed by atoms with Crippen molar-refractivity contribution >= 4 is 11.9 Å². The second-order valence-corrected chi connectivity index (χ2v) is 5.54. The number of carbonyl (C=O) groups is 2. The van der Waals surface area contributed by atoms with E-state index in [0.717, 1.165) is 18.6 Å². The van der Waals surface area contributed by atoms with E-state index in [1.165, 1.54) is 0 Å². The van der Waals surface area contributed by atoms with Gasteiger partial charge in [-0.15, -0.1) is 0 Å². The number of halogens is 2. The Labute approximate surface area is 121 Å². The van der Waals surface area contributed by atoms with Crippen molar-refractivity contribution in [3.05, 3.63) is 35.4 Å². The van der Waals surface area contributed by atoms with Crippen LogP contribution >= 0.6 is 0 Å². The molecule has 0 bridgehead atoms. The Morgan fingerprint density at radius 2 is 1.86 bits per heavy atom. The Kier molecular flexibility index (Phi) is 4.25. The van der Waals surface area contributed by atoms with Gasteiger partial charge in [-0.25, -0.2) is 13.6 Å². The lowest BCUT2D eigenvalue weighted by Gasteiger charge is -2.39. The maximum absolute atomic E-state index is 13.2. The normalized spacial score (nSPS) is 25.4. The zero-order valence-electron chi connectivity index (χ0n) is 11.7. The van der Waals surface area contributed by atoms with Crippen LogP contribution in [0.5, 0.6) is 0 Å². The summed E-state index contributed by atoms with van der Waals surface area (Å²) in [5, 5.41) is 12.0. The summed E-state index contributed by atoms with van der Waals surface area (Å²) in [6.45, 7) is 1.76. The van der Waals surface area contributed by atoms with Gasteiger partial charge in [0.15, 0.2) is 0 Å². The van der Waals surface area contributed by atoms with Crippen molar-refractivity contribution in [3.8, 4) is 0 Å². The number of carbonyl (C=O) groups excluding carboxylic acids is 1. The molecule has 0 spiro atoms. The Balaban J connectivity index is 2.28. The van der Waals surface area contributed by atoms with Gasteiger partial charge >= 0.3 is 5.97 Å². The molecule has 1 aliphatic carbocycles. The standard InChI is InChI=1S/C15H17F2NO3/c1-9-4-2-3-5-15(9,14(20)21)18-13(19)10-6-11(16)8-12(17)7-10/h6-9H,2-5H2,1H3,(H,18,19)(H,20,21). The van der Waals surface area contributed by atoms with Crippen molar-refractivity contribution in [2.24, 2.45) is 5.92 Å². The Hall–Kier alpha value is -1.98. The van der Waals surface area contributed by atoms with Crippen LogP contribution in [0, 0.1) is 17.6 Å². The lowest BCUT2D eigenvalue weighted by atomic mass is 9.73. The van der Waals surface area contributed by atoms with Crippen LogP contribution in [0.2, 0.25) is 0 Å². The highest BCUT2D eigenvalue weighted by Crippen LogP contribution is 2.34. The van der Waals surface area contributed by atoms with Gasteiger partial charge in [0.1, 0.15) is 17.2 Å². The first-order valence-corrected chi connectivity index (χ1v) is 6.87. The number of carboxylic acid groups (broad SMARTS) is 1. The number of hydrogen-bond acceptors (Lipinski definition) is 2. The SMILES string of the molecule is CC1CCCCC1(NC(=O)c1cc(F)cc(F)c1)C(=O)O. The molecule has 2 unspecified atom stereocenters. The molecule has 2 N–H and O–H groups in total. The number of nitrogens with one attached hydrogen (secondary N) is 1. The number of aliphatic carboxylic acids is 1. The van der Waals surface area contributed by atoms with Gasteiger partial charge in [-0.1, -0.05) is 19.8 Å². The van der Waals surface area contributed by atoms with E-state index in [1.54, 1.807) is 6.92 Å². The third kappa shape index (κ3) is 3.04. The highest BCUT2D eigenvalue weighted by Gasteiger charge is 2.46. The first-order valence-electron chi connectivity index (χ1n) is 6.87. The molecule has 4 nitrogen and oxygen atoms in total. The molecule has 1 fully saturated rings. The summed E-state index contributed by atoms with van der Waals surface area (Å²) in [5.41, 5.74) is -1.59. The zero-order valence-corrected chi connectivity index (χ0v) is 11.7. The quantitative estimate of drug-likeness (QED) is 0.901. The predicted octanol–water partition coefficient (Wildman–Crippen LogP) is 2.73. The molecule has 1 aromatic rings. The Bertz CT molecular complexity index is 556. The second kappa shape index (κ2) is 5.79. The lowest BCUT2D eigenvalue weighted by Crippen LogP contribution is -2.60. The fourth-order valence-electron chi connectivity index (χ4n) is 2.86. The van der Waals surface area contributed by atoms with E-state index in [4.69, 9.17) is 0 Å². The maximum atomic E-state index is 13.2. The molecule has 114 valence electrons. The van der Waals surface area contributed by atoms with E-state index in [-0.39, 0.29) is 11.5 Å². The molecule has 0 heterocycles. The van der Waals surface area contributed by atoms with Gasteiger partial charge in [0.2, 0.25) is 0 Å². The van der Waals surface area contributed by atoms with Gasteiger partial charge < -0.3 is 10.4 Å². The smallest absolute Gasteiger partial charge is 0.329 e. The largest absolute Gasteiger partial charge is 0.479 e. The average molecular weight is 297 g/mol. The molecular weight excluding hydrogens is 280 g/mol. The molecule has 1 aromatic carbocycles. The third-order valence-electron chi connectivity index (χ3n) is 4.14. The van der Waals surface area contributed by atoms with Gasteiger partial charge in [0.25, 0.3) is 5.91 Å². The van der Waals surface area contributed by atoms with Crippen LogP contribution in [-0.2, 0) is 4.79 Å².